The molecule has 1 fully saturated rings. The van der Waals surface area contributed by atoms with E-state index in [4.69, 9.17) is 11.6 Å². The molecule has 1 aromatic carbocycles. The van der Waals surface area contributed by atoms with E-state index >= 15 is 0 Å². The highest BCUT2D eigenvalue weighted by atomic mass is 35.5. The molecule has 22 heavy (non-hydrogen) atoms. The van der Waals surface area contributed by atoms with Gasteiger partial charge in [-0.2, -0.15) is 0 Å². The minimum absolute atomic E-state index is 0.0770. The van der Waals surface area contributed by atoms with Crippen molar-refractivity contribution < 1.29 is 4.79 Å². The quantitative estimate of drug-likeness (QED) is 0.929. The highest BCUT2D eigenvalue weighted by Gasteiger charge is 2.24. The molecule has 1 aliphatic heterocycles. The van der Waals surface area contributed by atoms with E-state index in [0.29, 0.717) is 10.2 Å². The van der Waals surface area contributed by atoms with Gasteiger partial charge in [0, 0.05) is 21.9 Å². The summed E-state index contributed by atoms with van der Waals surface area (Å²) in [4.78, 5) is 19.0. The van der Waals surface area contributed by atoms with Crippen LogP contribution in [0, 0.1) is 5.92 Å². The first kappa shape index (κ1) is 15.5. The van der Waals surface area contributed by atoms with E-state index in [2.05, 4.69) is 22.2 Å². The number of nitrogens with zero attached hydrogens (tertiary/aromatic N) is 2. The monoisotopic (exact) mass is 335 g/mol. The number of thiazole rings is 1. The molecular weight excluding hydrogens is 318 g/mol. The van der Waals surface area contributed by atoms with E-state index in [1.54, 1.807) is 0 Å². The highest BCUT2D eigenvalue weighted by molar-refractivity contribution is 7.14. The Kier molecular flexibility index (Phi) is 4.76. The van der Waals surface area contributed by atoms with Gasteiger partial charge in [0.2, 0.25) is 5.91 Å². The van der Waals surface area contributed by atoms with Gasteiger partial charge in [-0.3, -0.25) is 4.79 Å². The average Bonchev–Trinajstić information content (AvgIpc) is 2.96. The number of aromatic nitrogens is 1. The Bertz CT molecular complexity index is 665. The molecule has 0 atom stereocenters. The van der Waals surface area contributed by atoms with Crippen molar-refractivity contribution in [2.75, 3.05) is 25.5 Å². The standard InChI is InChI=1S/C16H18ClN3OS/c1-20-8-6-11(7-9-20)15(21)19-16-18-14(10-22-16)12-4-2-3-5-13(12)17/h2-5,10-11H,6-9H2,1H3,(H,18,19,21). The molecule has 1 amide bonds. The number of likely N-dealkylation sites (tertiary alicyclic amines) is 1. The van der Waals surface area contributed by atoms with Crippen LogP contribution in [0.5, 0.6) is 0 Å². The van der Waals surface area contributed by atoms with Gasteiger partial charge in [-0.05, 0) is 39.0 Å². The van der Waals surface area contributed by atoms with Crippen molar-refractivity contribution >= 4 is 34.0 Å². The largest absolute Gasteiger partial charge is 0.306 e. The molecule has 0 radical (unpaired) electrons. The van der Waals surface area contributed by atoms with Crippen LogP contribution in [0.3, 0.4) is 0 Å². The number of rotatable bonds is 3. The van der Waals surface area contributed by atoms with Crippen molar-refractivity contribution in [3.8, 4) is 11.3 Å². The molecule has 0 aliphatic carbocycles. The van der Waals surface area contributed by atoms with Gasteiger partial charge in [-0.15, -0.1) is 11.3 Å². The fourth-order valence-corrected chi connectivity index (χ4v) is 3.55. The summed E-state index contributed by atoms with van der Waals surface area (Å²) in [6.45, 7) is 1.95. The van der Waals surface area contributed by atoms with Crippen molar-refractivity contribution in [1.82, 2.24) is 9.88 Å². The smallest absolute Gasteiger partial charge is 0.229 e. The van der Waals surface area contributed by atoms with Gasteiger partial charge in [0.1, 0.15) is 0 Å². The lowest BCUT2D eigenvalue weighted by Crippen LogP contribution is -2.35. The zero-order valence-electron chi connectivity index (χ0n) is 12.4. The molecule has 2 heterocycles. The number of anilines is 1. The van der Waals surface area contributed by atoms with E-state index in [-0.39, 0.29) is 11.8 Å². The predicted molar refractivity (Wildman–Crippen MR) is 91.4 cm³/mol. The highest BCUT2D eigenvalue weighted by Crippen LogP contribution is 2.30. The van der Waals surface area contributed by atoms with Crippen molar-refractivity contribution in [2.24, 2.45) is 5.92 Å². The molecule has 0 unspecified atom stereocenters. The lowest BCUT2D eigenvalue weighted by atomic mass is 9.96. The predicted octanol–water partition coefficient (Wildman–Crippen LogP) is 3.74. The Labute approximate surface area is 139 Å². The van der Waals surface area contributed by atoms with Crippen LogP contribution >= 0.6 is 22.9 Å². The number of hydrogen-bond donors (Lipinski definition) is 1. The second kappa shape index (κ2) is 6.77. The summed E-state index contributed by atoms with van der Waals surface area (Å²) in [7, 11) is 2.09. The molecule has 1 saturated heterocycles. The van der Waals surface area contributed by atoms with Crippen LogP contribution in [-0.2, 0) is 4.79 Å². The van der Waals surface area contributed by atoms with Crippen molar-refractivity contribution in [1.29, 1.82) is 0 Å². The summed E-state index contributed by atoms with van der Waals surface area (Å²) in [6, 6.07) is 7.59. The lowest BCUT2D eigenvalue weighted by molar-refractivity contribution is -0.121. The van der Waals surface area contributed by atoms with E-state index in [9.17, 15) is 4.79 Å². The zero-order chi connectivity index (χ0) is 15.5. The topological polar surface area (TPSA) is 45.2 Å². The summed E-state index contributed by atoms with van der Waals surface area (Å²) in [6.07, 6.45) is 1.82. The fraction of sp³-hybridized carbons (Fsp3) is 0.375. The fourth-order valence-electron chi connectivity index (χ4n) is 2.60. The van der Waals surface area contributed by atoms with E-state index in [0.717, 1.165) is 37.2 Å². The molecule has 4 nitrogen and oxygen atoms in total. The summed E-state index contributed by atoms with van der Waals surface area (Å²) < 4.78 is 0. The van der Waals surface area contributed by atoms with Gasteiger partial charge in [-0.1, -0.05) is 29.8 Å². The molecule has 3 rings (SSSR count). The Morgan fingerprint density at radius 2 is 2.09 bits per heavy atom. The Morgan fingerprint density at radius 1 is 1.36 bits per heavy atom. The average molecular weight is 336 g/mol. The van der Waals surface area contributed by atoms with Crippen LogP contribution in [0.15, 0.2) is 29.6 Å². The van der Waals surface area contributed by atoms with Crippen molar-refractivity contribution in [3.63, 3.8) is 0 Å². The van der Waals surface area contributed by atoms with E-state index in [1.165, 1.54) is 11.3 Å². The molecule has 2 aromatic rings. The minimum Gasteiger partial charge on any atom is -0.306 e. The molecule has 1 aliphatic rings. The number of amides is 1. The maximum Gasteiger partial charge on any atom is 0.229 e. The summed E-state index contributed by atoms with van der Waals surface area (Å²) in [5, 5.41) is 6.17. The summed E-state index contributed by atoms with van der Waals surface area (Å²) in [5.74, 6) is 0.164. The Balaban J connectivity index is 1.67. The number of hydrogen-bond acceptors (Lipinski definition) is 4. The number of piperidine rings is 1. The van der Waals surface area contributed by atoms with Gasteiger partial charge in [0.15, 0.2) is 5.13 Å². The molecule has 116 valence electrons. The van der Waals surface area contributed by atoms with Crippen molar-refractivity contribution in [3.05, 3.63) is 34.7 Å². The van der Waals surface area contributed by atoms with Crippen molar-refractivity contribution in [2.45, 2.75) is 12.8 Å². The van der Waals surface area contributed by atoms with Gasteiger partial charge >= 0.3 is 0 Å². The van der Waals surface area contributed by atoms with Crippen LogP contribution in [0.4, 0.5) is 5.13 Å². The molecule has 1 N–H and O–H groups in total. The first-order valence-electron chi connectivity index (χ1n) is 7.33. The lowest BCUT2D eigenvalue weighted by Gasteiger charge is -2.27. The van der Waals surface area contributed by atoms with Crippen LogP contribution in [-0.4, -0.2) is 35.9 Å². The maximum absolute atomic E-state index is 12.3. The molecule has 1 aromatic heterocycles. The number of carbonyl (C=O) groups excluding carboxylic acids is 1. The third-order valence-electron chi connectivity index (χ3n) is 3.97. The first-order chi connectivity index (χ1) is 10.6. The van der Waals surface area contributed by atoms with Gasteiger partial charge in [-0.25, -0.2) is 4.98 Å². The minimum atomic E-state index is 0.0770. The zero-order valence-corrected chi connectivity index (χ0v) is 14.0. The summed E-state index contributed by atoms with van der Waals surface area (Å²) >= 11 is 7.62. The molecule has 0 spiro atoms. The number of carbonyl (C=O) groups is 1. The second-order valence-electron chi connectivity index (χ2n) is 5.58. The first-order valence-corrected chi connectivity index (χ1v) is 8.59. The normalized spacial score (nSPS) is 16.6. The van der Waals surface area contributed by atoms with Crippen LogP contribution in [0.25, 0.3) is 11.3 Å². The van der Waals surface area contributed by atoms with E-state index in [1.807, 2.05) is 29.6 Å². The number of nitrogens with one attached hydrogen (secondary N) is 1. The van der Waals surface area contributed by atoms with Crippen LogP contribution in [0.2, 0.25) is 5.02 Å². The summed E-state index contributed by atoms with van der Waals surface area (Å²) in [5.41, 5.74) is 1.69. The third-order valence-corrected chi connectivity index (χ3v) is 5.06. The van der Waals surface area contributed by atoms with Crippen LogP contribution in [0.1, 0.15) is 12.8 Å². The van der Waals surface area contributed by atoms with Gasteiger partial charge < -0.3 is 10.2 Å². The molecular formula is C16H18ClN3OS. The molecule has 6 heteroatoms. The Morgan fingerprint density at radius 3 is 2.82 bits per heavy atom. The third kappa shape index (κ3) is 3.48. The number of benzene rings is 1. The van der Waals surface area contributed by atoms with Gasteiger partial charge in [0.05, 0.1) is 5.69 Å². The van der Waals surface area contributed by atoms with E-state index < -0.39 is 0 Å². The maximum atomic E-state index is 12.3. The van der Waals surface area contributed by atoms with Gasteiger partial charge in [0.25, 0.3) is 0 Å². The Hall–Kier alpha value is -1.43. The number of halogens is 1. The SMILES string of the molecule is CN1CCC(C(=O)Nc2nc(-c3ccccc3Cl)cs2)CC1. The molecule has 0 saturated carbocycles. The second-order valence-corrected chi connectivity index (χ2v) is 6.85. The molecule has 0 bridgehead atoms. The van der Waals surface area contributed by atoms with Crippen LogP contribution < -0.4 is 5.32 Å².